The molecular formula is C15H16F3NO3. The van der Waals surface area contributed by atoms with Crippen LogP contribution >= 0.6 is 0 Å². The van der Waals surface area contributed by atoms with E-state index in [4.69, 9.17) is 4.74 Å². The van der Waals surface area contributed by atoms with Crippen LogP contribution in [0.15, 0.2) is 17.8 Å². The molecule has 0 unspecified atom stereocenters. The summed E-state index contributed by atoms with van der Waals surface area (Å²) >= 11 is 0. The molecule has 0 bridgehead atoms. The zero-order valence-electron chi connectivity index (χ0n) is 12.7. The predicted octanol–water partition coefficient (Wildman–Crippen LogP) is 2.60. The zero-order chi connectivity index (χ0) is 17.0. The van der Waals surface area contributed by atoms with Crippen molar-refractivity contribution >= 4 is 11.8 Å². The van der Waals surface area contributed by atoms with Crippen LogP contribution in [0.5, 0.6) is 0 Å². The summed E-state index contributed by atoms with van der Waals surface area (Å²) in [5.74, 6) is -5.99. The van der Waals surface area contributed by atoms with Gasteiger partial charge in [-0.05, 0) is 19.9 Å². The van der Waals surface area contributed by atoms with Crippen molar-refractivity contribution in [2.75, 3.05) is 20.7 Å². The number of ether oxygens (including phenoxy) is 1. The quantitative estimate of drug-likeness (QED) is 0.209. The maximum absolute atomic E-state index is 14.0. The molecule has 0 fully saturated rings. The number of hydrogen-bond donors (Lipinski definition) is 0. The van der Waals surface area contributed by atoms with Crippen molar-refractivity contribution in [1.82, 2.24) is 4.90 Å². The largest absolute Gasteiger partial charge is 0.462 e. The Morgan fingerprint density at radius 1 is 1.23 bits per heavy atom. The smallest absolute Gasteiger partial charge is 0.343 e. The Labute approximate surface area is 126 Å². The number of nitrogens with zero attached hydrogens (tertiary/aromatic N) is 1. The van der Waals surface area contributed by atoms with E-state index >= 15 is 0 Å². The standard InChI is InChI=1S/C15H16F3NO3/c1-5-22-15(21)10(7-19(3)4)14(20)9-6-11(16)13(18)8(2)12(9)17/h6-7H,5H2,1-4H3/b10-7-. The molecule has 0 amide bonds. The zero-order valence-corrected chi connectivity index (χ0v) is 12.7. The summed E-state index contributed by atoms with van der Waals surface area (Å²) in [5, 5.41) is 0. The van der Waals surface area contributed by atoms with Gasteiger partial charge in [0.05, 0.1) is 12.2 Å². The van der Waals surface area contributed by atoms with Gasteiger partial charge in [0.15, 0.2) is 11.6 Å². The lowest BCUT2D eigenvalue weighted by molar-refractivity contribution is -0.138. The van der Waals surface area contributed by atoms with E-state index in [2.05, 4.69) is 0 Å². The molecule has 0 aliphatic carbocycles. The van der Waals surface area contributed by atoms with Gasteiger partial charge in [0, 0.05) is 25.9 Å². The molecule has 4 nitrogen and oxygen atoms in total. The topological polar surface area (TPSA) is 46.6 Å². The molecule has 0 radical (unpaired) electrons. The third-order valence-corrected chi connectivity index (χ3v) is 2.75. The van der Waals surface area contributed by atoms with Crippen molar-refractivity contribution in [3.63, 3.8) is 0 Å². The fourth-order valence-electron chi connectivity index (χ4n) is 1.71. The maximum Gasteiger partial charge on any atom is 0.343 e. The minimum atomic E-state index is -1.37. The number of carbonyl (C=O) groups is 2. The molecule has 0 aliphatic rings. The van der Waals surface area contributed by atoms with Gasteiger partial charge in [-0.3, -0.25) is 4.79 Å². The van der Waals surface area contributed by atoms with E-state index in [0.717, 1.165) is 13.1 Å². The second-order valence-corrected chi connectivity index (χ2v) is 4.71. The van der Waals surface area contributed by atoms with Crippen LogP contribution in [0.25, 0.3) is 0 Å². The highest BCUT2D eigenvalue weighted by molar-refractivity contribution is 6.24. The second-order valence-electron chi connectivity index (χ2n) is 4.71. The van der Waals surface area contributed by atoms with Gasteiger partial charge in [-0.2, -0.15) is 0 Å². The first kappa shape index (κ1) is 17.7. The van der Waals surface area contributed by atoms with Gasteiger partial charge in [0.1, 0.15) is 11.4 Å². The normalized spacial score (nSPS) is 11.3. The average molecular weight is 315 g/mol. The third kappa shape index (κ3) is 3.66. The molecule has 1 rings (SSSR count). The van der Waals surface area contributed by atoms with E-state index in [0.29, 0.717) is 6.07 Å². The summed E-state index contributed by atoms with van der Waals surface area (Å²) in [4.78, 5) is 25.5. The summed E-state index contributed by atoms with van der Waals surface area (Å²) in [7, 11) is 3.08. The predicted molar refractivity (Wildman–Crippen MR) is 73.8 cm³/mol. The molecule has 0 atom stereocenters. The Morgan fingerprint density at radius 2 is 1.82 bits per heavy atom. The van der Waals surface area contributed by atoms with Crippen molar-refractivity contribution in [1.29, 1.82) is 0 Å². The summed E-state index contributed by atoms with van der Waals surface area (Å²) in [5.41, 5.74) is -1.83. The van der Waals surface area contributed by atoms with Crippen LogP contribution in [0, 0.1) is 24.4 Å². The molecule has 0 N–H and O–H groups in total. The van der Waals surface area contributed by atoms with Crippen LogP contribution in [-0.2, 0) is 9.53 Å². The van der Waals surface area contributed by atoms with Gasteiger partial charge in [0.25, 0.3) is 0 Å². The lowest BCUT2D eigenvalue weighted by Gasteiger charge is -2.12. The molecule has 1 aromatic carbocycles. The number of hydrogen-bond acceptors (Lipinski definition) is 4. The summed E-state index contributed by atoms with van der Waals surface area (Å²) in [6, 6.07) is 0.433. The van der Waals surface area contributed by atoms with Crippen molar-refractivity contribution in [2.24, 2.45) is 0 Å². The van der Waals surface area contributed by atoms with E-state index in [9.17, 15) is 22.8 Å². The van der Waals surface area contributed by atoms with Crippen LogP contribution < -0.4 is 0 Å². The Kier molecular flexibility index (Phi) is 5.73. The summed E-state index contributed by atoms with van der Waals surface area (Å²) in [6.45, 7) is 2.55. The van der Waals surface area contributed by atoms with E-state index in [1.165, 1.54) is 11.8 Å². The van der Waals surface area contributed by atoms with E-state index in [1.54, 1.807) is 14.1 Å². The average Bonchev–Trinajstić information content (AvgIpc) is 2.45. The molecule has 0 aliphatic heterocycles. The van der Waals surface area contributed by atoms with E-state index in [1.807, 2.05) is 0 Å². The number of esters is 1. The molecule has 7 heteroatoms. The number of halogens is 3. The van der Waals surface area contributed by atoms with Crippen LogP contribution in [0.2, 0.25) is 0 Å². The number of benzene rings is 1. The SMILES string of the molecule is CCOC(=O)/C(=C\N(C)C)C(=O)c1cc(F)c(F)c(C)c1F. The first-order chi connectivity index (χ1) is 10.2. The van der Waals surface area contributed by atoms with Crippen LogP contribution in [0.1, 0.15) is 22.8 Å². The van der Waals surface area contributed by atoms with Crippen LogP contribution in [0.4, 0.5) is 13.2 Å². The highest BCUT2D eigenvalue weighted by atomic mass is 19.2. The van der Waals surface area contributed by atoms with Crippen LogP contribution in [-0.4, -0.2) is 37.4 Å². The fraction of sp³-hybridized carbons (Fsp3) is 0.333. The fourth-order valence-corrected chi connectivity index (χ4v) is 1.71. The monoisotopic (exact) mass is 315 g/mol. The molecule has 0 saturated heterocycles. The number of carbonyl (C=O) groups excluding carboxylic acids is 2. The second kappa shape index (κ2) is 7.11. The Hall–Kier alpha value is -2.31. The first-order valence-corrected chi connectivity index (χ1v) is 6.44. The van der Waals surface area contributed by atoms with Crippen molar-refractivity contribution in [2.45, 2.75) is 13.8 Å². The van der Waals surface area contributed by atoms with Gasteiger partial charge in [0.2, 0.25) is 5.78 Å². The lowest BCUT2D eigenvalue weighted by atomic mass is 10.0. The van der Waals surface area contributed by atoms with Crippen molar-refractivity contribution in [3.05, 3.63) is 46.4 Å². The van der Waals surface area contributed by atoms with Gasteiger partial charge >= 0.3 is 5.97 Å². The van der Waals surface area contributed by atoms with E-state index in [-0.39, 0.29) is 6.61 Å². The lowest BCUT2D eigenvalue weighted by Crippen LogP contribution is -2.21. The molecule has 0 spiro atoms. The molecule has 120 valence electrons. The minimum absolute atomic E-state index is 0.0101. The maximum atomic E-state index is 14.0. The Bertz CT molecular complexity index is 639. The molecule has 0 aromatic heterocycles. The summed E-state index contributed by atoms with van der Waals surface area (Å²) < 4.78 is 45.4. The molecule has 1 aromatic rings. The summed E-state index contributed by atoms with van der Waals surface area (Å²) in [6.07, 6.45) is 1.14. The highest BCUT2D eigenvalue weighted by Crippen LogP contribution is 2.22. The van der Waals surface area contributed by atoms with Crippen LogP contribution in [0.3, 0.4) is 0 Å². The van der Waals surface area contributed by atoms with Crippen molar-refractivity contribution < 1.29 is 27.5 Å². The van der Waals surface area contributed by atoms with Gasteiger partial charge in [-0.15, -0.1) is 0 Å². The number of Topliss-reactive ketones (excluding diaryl/α,β-unsaturated/α-hetero) is 1. The first-order valence-electron chi connectivity index (χ1n) is 6.44. The van der Waals surface area contributed by atoms with Gasteiger partial charge in [-0.25, -0.2) is 18.0 Å². The van der Waals surface area contributed by atoms with E-state index < -0.39 is 45.9 Å². The molecule has 0 heterocycles. The molecule has 0 saturated carbocycles. The van der Waals surface area contributed by atoms with Gasteiger partial charge < -0.3 is 9.64 Å². The third-order valence-electron chi connectivity index (χ3n) is 2.75. The van der Waals surface area contributed by atoms with Crippen molar-refractivity contribution in [3.8, 4) is 0 Å². The Balaban J connectivity index is 3.41. The highest BCUT2D eigenvalue weighted by Gasteiger charge is 2.27. The molecular weight excluding hydrogens is 299 g/mol. The van der Waals surface area contributed by atoms with Gasteiger partial charge in [-0.1, -0.05) is 0 Å². The Morgan fingerprint density at radius 3 is 2.32 bits per heavy atom. The molecule has 22 heavy (non-hydrogen) atoms. The number of ketones is 1. The number of rotatable bonds is 5. The minimum Gasteiger partial charge on any atom is -0.462 e.